The fourth-order valence-electron chi connectivity index (χ4n) is 7.73. The number of hydrogen-bond acceptors (Lipinski definition) is 12. The van der Waals surface area contributed by atoms with E-state index in [1.165, 1.54) is 43.2 Å². The zero-order chi connectivity index (χ0) is 46.5. The minimum absolute atomic E-state index is 0.280. The Morgan fingerprint density at radius 2 is 1.01 bits per heavy atom. The number of nitrogens with one attached hydrogen (secondary N) is 3. The van der Waals surface area contributed by atoms with Gasteiger partial charge in [-0.3, -0.25) is 5.10 Å². The molecule has 0 saturated carbocycles. The van der Waals surface area contributed by atoms with E-state index in [2.05, 4.69) is 66.1 Å². The maximum absolute atomic E-state index is 13.6. The minimum Gasteiger partial charge on any atom is -0.463 e. The molecular formula is C52H33F2N13O2. The third-order valence-corrected chi connectivity index (χ3v) is 10.9. The molecule has 0 aliphatic carbocycles. The Hall–Kier alpha value is -9.90. The van der Waals surface area contributed by atoms with E-state index in [1.807, 2.05) is 79.0 Å². The molecule has 13 aromatic rings. The quantitative estimate of drug-likeness (QED) is 0.137. The Morgan fingerprint density at radius 1 is 0.464 bits per heavy atom. The predicted octanol–water partition coefficient (Wildman–Crippen LogP) is 11.6. The average Bonchev–Trinajstić information content (AvgIpc) is 4.27. The standard InChI is InChI=1S/C21H13FN4O.C16H10FN5.C15H10N4O/c22-15-4-1-3-13(9-15)18-11-14-10-16(17-6-7-23-12-24-17)20(26-21(14)25-18)19-5-2-8-27-19;17-12-3-1-2-10(6-12)15-13(14-4-5-18-9-19-14)7-11-8-20-22-16(11)21-15;1-2-13(20-7-1)14-11(12-4-5-16-9-18-12)8-10-3-6-17-15(10)19-14/h1-12H,(H,25,26);1-9H,(H,20,21,22);1-9H,(H,17,19). The normalized spacial score (nSPS) is 11.0. The molecule has 3 N–H and O–H groups in total. The Bertz CT molecular complexity index is 3820. The van der Waals surface area contributed by atoms with Crippen molar-refractivity contribution in [2.45, 2.75) is 0 Å². The third-order valence-electron chi connectivity index (χ3n) is 10.9. The number of H-pyrrole nitrogens is 3. The van der Waals surface area contributed by atoms with E-state index in [4.69, 9.17) is 13.8 Å². The minimum atomic E-state index is -0.308. The second-order valence-electron chi connectivity index (χ2n) is 15.3. The molecule has 2 aromatic carbocycles. The van der Waals surface area contributed by atoms with Gasteiger partial charge < -0.3 is 18.8 Å². The average molecular weight is 910 g/mol. The van der Waals surface area contributed by atoms with Crippen LogP contribution in [0.2, 0.25) is 0 Å². The van der Waals surface area contributed by atoms with Crippen molar-refractivity contribution in [2.75, 3.05) is 0 Å². The van der Waals surface area contributed by atoms with Gasteiger partial charge in [0.25, 0.3) is 0 Å². The van der Waals surface area contributed by atoms with Crippen molar-refractivity contribution >= 4 is 33.1 Å². The molecule has 0 atom stereocenters. The lowest BCUT2D eigenvalue weighted by atomic mass is 10.0. The van der Waals surface area contributed by atoms with E-state index in [9.17, 15) is 8.78 Å². The van der Waals surface area contributed by atoms with E-state index in [-0.39, 0.29) is 11.6 Å². The number of pyridine rings is 3. The van der Waals surface area contributed by atoms with Crippen LogP contribution >= 0.6 is 0 Å². The third kappa shape index (κ3) is 8.81. The lowest BCUT2D eigenvalue weighted by Gasteiger charge is -2.09. The first kappa shape index (κ1) is 41.8. The zero-order valence-electron chi connectivity index (χ0n) is 35.9. The highest BCUT2D eigenvalue weighted by Crippen LogP contribution is 2.36. The lowest BCUT2D eigenvalue weighted by Crippen LogP contribution is -1.93. The van der Waals surface area contributed by atoms with Gasteiger partial charge in [0, 0.05) is 74.5 Å². The summed E-state index contributed by atoms with van der Waals surface area (Å²) in [7, 11) is 0. The number of rotatable bonds is 7. The molecule has 11 aromatic heterocycles. The molecule has 0 spiro atoms. The summed E-state index contributed by atoms with van der Waals surface area (Å²) in [5.41, 5.74) is 11.4. The van der Waals surface area contributed by atoms with Crippen molar-refractivity contribution in [3.8, 4) is 79.2 Å². The number of nitrogens with zero attached hydrogens (tertiary/aromatic N) is 10. The highest BCUT2D eigenvalue weighted by Gasteiger charge is 2.18. The van der Waals surface area contributed by atoms with Crippen LogP contribution in [0, 0.1) is 11.6 Å². The van der Waals surface area contributed by atoms with Crippen LogP contribution in [0.3, 0.4) is 0 Å². The topological polar surface area (TPSA) is 203 Å². The summed E-state index contributed by atoms with van der Waals surface area (Å²) >= 11 is 0. The molecule has 332 valence electrons. The van der Waals surface area contributed by atoms with Crippen molar-refractivity contribution in [1.82, 2.24) is 65.0 Å². The smallest absolute Gasteiger partial charge is 0.155 e. The van der Waals surface area contributed by atoms with E-state index < -0.39 is 0 Å². The molecule has 17 heteroatoms. The van der Waals surface area contributed by atoms with Crippen molar-refractivity contribution in [3.05, 3.63) is 195 Å². The number of aromatic amines is 3. The van der Waals surface area contributed by atoms with Crippen LogP contribution < -0.4 is 0 Å². The second kappa shape index (κ2) is 18.5. The summed E-state index contributed by atoms with van der Waals surface area (Å²) in [6, 6.07) is 35.6. The van der Waals surface area contributed by atoms with Crippen molar-refractivity contribution < 1.29 is 17.6 Å². The van der Waals surface area contributed by atoms with Crippen LogP contribution in [0.25, 0.3) is 112 Å². The molecule has 11 heterocycles. The Morgan fingerprint density at radius 3 is 1.59 bits per heavy atom. The first-order valence-corrected chi connectivity index (χ1v) is 21.3. The summed E-state index contributed by atoms with van der Waals surface area (Å²) in [6.07, 6.45) is 16.4. The fourth-order valence-corrected chi connectivity index (χ4v) is 7.73. The van der Waals surface area contributed by atoms with Crippen LogP contribution in [0.1, 0.15) is 0 Å². The molecule has 69 heavy (non-hydrogen) atoms. The van der Waals surface area contributed by atoms with Gasteiger partial charge in [-0.1, -0.05) is 24.3 Å². The molecule has 0 unspecified atom stereocenters. The molecule has 13 rings (SSSR count). The number of benzene rings is 2. The van der Waals surface area contributed by atoms with Crippen LogP contribution in [-0.4, -0.2) is 65.0 Å². The second-order valence-corrected chi connectivity index (χ2v) is 15.3. The van der Waals surface area contributed by atoms with Gasteiger partial charge in [0.1, 0.15) is 53.3 Å². The highest BCUT2D eigenvalue weighted by atomic mass is 19.1. The maximum atomic E-state index is 13.6. The van der Waals surface area contributed by atoms with Gasteiger partial charge in [0.15, 0.2) is 17.2 Å². The Balaban J connectivity index is 0.000000115. The summed E-state index contributed by atoms with van der Waals surface area (Å²) in [5, 5.41) is 9.64. The molecule has 0 aliphatic rings. The number of hydrogen-bond donors (Lipinski definition) is 3. The van der Waals surface area contributed by atoms with Crippen LogP contribution in [0.15, 0.2) is 193 Å². The molecule has 0 saturated heterocycles. The van der Waals surface area contributed by atoms with Gasteiger partial charge in [-0.05, 0) is 97.1 Å². The largest absolute Gasteiger partial charge is 0.463 e. The Kier molecular flexibility index (Phi) is 11.2. The molecular weight excluding hydrogens is 877 g/mol. The van der Waals surface area contributed by atoms with Crippen molar-refractivity contribution in [2.24, 2.45) is 0 Å². The van der Waals surface area contributed by atoms with E-state index in [0.29, 0.717) is 34.0 Å². The maximum Gasteiger partial charge on any atom is 0.155 e. The molecule has 0 aliphatic heterocycles. The number of aromatic nitrogens is 13. The van der Waals surface area contributed by atoms with Gasteiger partial charge in [0.05, 0.1) is 41.5 Å². The van der Waals surface area contributed by atoms with Crippen molar-refractivity contribution in [3.63, 3.8) is 0 Å². The number of furan rings is 2. The SMILES string of the molecule is Fc1cccc(-c2cc3cc(-c4ccncn4)c(-c4ccco4)nc3[nH]2)c1.Fc1cccc(-c2nc3[nH]ncc3cc2-c2ccncn2)c1.c1coc(-c2nc3[nH]ccc3cc2-c2ccncn2)c1. The summed E-state index contributed by atoms with van der Waals surface area (Å²) in [4.78, 5) is 45.2. The van der Waals surface area contributed by atoms with Gasteiger partial charge in [-0.25, -0.2) is 53.6 Å². The van der Waals surface area contributed by atoms with Crippen LogP contribution in [0.4, 0.5) is 8.78 Å². The van der Waals surface area contributed by atoms with E-state index in [1.54, 1.807) is 55.5 Å². The summed E-state index contributed by atoms with van der Waals surface area (Å²) in [5.74, 6) is 0.775. The van der Waals surface area contributed by atoms with Gasteiger partial charge in [-0.2, -0.15) is 5.10 Å². The molecule has 0 radical (unpaired) electrons. The van der Waals surface area contributed by atoms with E-state index >= 15 is 0 Å². The van der Waals surface area contributed by atoms with Gasteiger partial charge in [0.2, 0.25) is 0 Å². The summed E-state index contributed by atoms with van der Waals surface area (Å²) < 4.78 is 38.2. The molecule has 0 bridgehead atoms. The van der Waals surface area contributed by atoms with Crippen LogP contribution in [0.5, 0.6) is 0 Å². The highest BCUT2D eigenvalue weighted by molar-refractivity contribution is 5.92. The first-order chi connectivity index (χ1) is 34.0. The molecule has 0 fully saturated rings. The van der Waals surface area contributed by atoms with Gasteiger partial charge >= 0.3 is 0 Å². The monoisotopic (exact) mass is 909 g/mol. The molecule has 15 nitrogen and oxygen atoms in total. The predicted molar refractivity (Wildman–Crippen MR) is 255 cm³/mol. The van der Waals surface area contributed by atoms with Crippen LogP contribution in [-0.2, 0) is 0 Å². The number of halogens is 2. The van der Waals surface area contributed by atoms with E-state index in [0.717, 1.165) is 78.3 Å². The lowest BCUT2D eigenvalue weighted by molar-refractivity contribution is 0.580. The summed E-state index contributed by atoms with van der Waals surface area (Å²) in [6.45, 7) is 0. The number of fused-ring (bicyclic) bond motifs is 3. The molecule has 0 amide bonds. The fraction of sp³-hybridized carbons (Fsp3) is 0. The first-order valence-electron chi connectivity index (χ1n) is 21.3. The Labute approximate surface area is 389 Å². The van der Waals surface area contributed by atoms with Crippen molar-refractivity contribution in [1.29, 1.82) is 0 Å². The van der Waals surface area contributed by atoms with Gasteiger partial charge in [-0.15, -0.1) is 0 Å². The zero-order valence-corrected chi connectivity index (χ0v) is 35.9.